The van der Waals surface area contributed by atoms with E-state index in [1.807, 2.05) is 0 Å². The van der Waals surface area contributed by atoms with E-state index < -0.39 is 0 Å². The van der Waals surface area contributed by atoms with Crippen LogP contribution in [0.5, 0.6) is 0 Å². The van der Waals surface area contributed by atoms with E-state index in [1.165, 1.54) is 32.1 Å². The molecular formula is C12H22. The van der Waals surface area contributed by atoms with Gasteiger partial charge in [0.15, 0.2) is 0 Å². The summed E-state index contributed by atoms with van der Waals surface area (Å²) in [4.78, 5) is 0. The monoisotopic (exact) mass is 166 g/mol. The Morgan fingerprint density at radius 1 is 1.42 bits per heavy atom. The summed E-state index contributed by atoms with van der Waals surface area (Å²) in [5.41, 5.74) is 1.56. The Labute approximate surface area is 77.1 Å². The van der Waals surface area contributed by atoms with Crippen molar-refractivity contribution in [2.45, 2.75) is 52.9 Å². The van der Waals surface area contributed by atoms with Crippen LogP contribution in [0.4, 0.5) is 0 Å². The van der Waals surface area contributed by atoms with Crippen molar-refractivity contribution in [3.05, 3.63) is 11.6 Å². The molecule has 0 aromatic heterocycles. The van der Waals surface area contributed by atoms with Crippen LogP contribution < -0.4 is 0 Å². The molecule has 0 spiro atoms. The Hall–Kier alpha value is -0.260. The molecule has 2 unspecified atom stereocenters. The summed E-state index contributed by atoms with van der Waals surface area (Å²) in [5.74, 6) is 1.97. The van der Waals surface area contributed by atoms with E-state index in [4.69, 9.17) is 0 Å². The first-order valence-corrected chi connectivity index (χ1v) is 5.39. The largest absolute Gasteiger partial charge is 0.0853 e. The highest BCUT2D eigenvalue weighted by Crippen LogP contribution is 2.33. The van der Waals surface area contributed by atoms with Crippen molar-refractivity contribution >= 4 is 0 Å². The van der Waals surface area contributed by atoms with Crippen molar-refractivity contribution in [1.29, 1.82) is 0 Å². The third kappa shape index (κ3) is 2.66. The molecule has 0 N–H and O–H groups in total. The van der Waals surface area contributed by atoms with Gasteiger partial charge in [-0.15, -0.1) is 0 Å². The Morgan fingerprint density at radius 2 is 2.17 bits per heavy atom. The summed E-state index contributed by atoms with van der Waals surface area (Å²) in [6, 6.07) is 0. The summed E-state index contributed by atoms with van der Waals surface area (Å²) in [6.07, 6.45) is 9.40. The molecule has 0 amide bonds. The highest BCUT2D eigenvalue weighted by Gasteiger charge is 2.21. The van der Waals surface area contributed by atoms with E-state index in [1.54, 1.807) is 5.57 Å². The Morgan fingerprint density at radius 3 is 2.67 bits per heavy atom. The molecule has 1 saturated carbocycles. The summed E-state index contributed by atoms with van der Waals surface area (Å²) in [7, 11) is 0. The fraction of sp³-hybridized carbons (Fsp3) is 0.833. The number of hydrogen-bond acceptors (Lipinski definition) is 0. The fourth-order valence-corrected chi connectivity index (χ4v) is 2.07. The van der Waals surface area contributed by atoms with Gasteiger partial charge in [0.05, 0.1) is 0 Å². The molecule has 0 aliphatic heterocycles. The SMILES string of the molecule is CC/C(C)=C/CC1CCCC1C. The van der Waals surface area contributed by atoms with Crippen LogP contribution in [0.1, 0.15) is 52.9 Å². The molecule has 0 heteroatoms. The van der Waals surface area contributed by atoms with Crippen molar-refractivity contribution in [2.75, 3.05) is 0 Å². The van der Waals surface area contributed by atoms with Crippen LogP contribution in [0, 0.1) is 11.8 Å². The normalized spacial score (nSPS) is 31.1. The summed E-state index contributed by atoms with van der Waals surface area (Å²) < 4.78 is 0. The quantitative estimate of drug-likeness (QED) is 0.552. The molecule has 1 rings (SSSR count). The van der Waals surface area contributed by atoms with Crippen LogP contribution in [0.3, 0.4) is 0 Å². The van der Waals surface area contributed by atoms with Crippen molar-refractivity contribution < 1.29 is 0 Å². The molecule has 0 aromatic carbocycles. The predicted molar refractivity (Wildman–Crippen MR) is 55.2 cm³/mol. The second kappa shape index (κ2) is 4.69. The zero-order valence-electron chi connectivity index (χ0n) is 8.77. The standard InChI is InChI=1S/C12H22/c1-4-10(2)8-9-12-7-5-6-11(12)3/h8,11-12H,4-7,9H2,1-3H3/b10-8+. The molecule has 0 heterocycles. The highest BCUT2D eigenvalue weighted by molar-refractivity contribution is 4.98. The first-order chi connectivity index (χ1) is 5.74. The van der Waals surface area contributed by atoms with Crippen LogP contribution >= 0.6 is 0 Å². The van der Waals surface area contributed by atoms with Crippen molar-refractivity contribution in [1.82, 2.24) is 0 Å². The molecule has 0 nitrogen and oxygen atoms in total. The van der Waals surface area contributed by atoms with Crippen molar-refractivity contribution in [3.63, 3.8) is 0 Å². The molecule has 2 atom stereocenters. The molecular weight excluding hydrogens is 144 g/mol. The minimum Gasteiger partial charge on any atom is -0.0853 e. The first-order valence-electron chi connectivity index (χ1n) is 5.39. The average Bonchev–Trinajstić information content (AvgIpc) is 2.47. The lowest BCUT2D eigenvalue weighted by Crippen LogP contribution is -2.01. The molecule has 0 saturated heterocycles. The fourth-order valence-electron chi connectivity index (χ4n) is 2.07. The number of allylic oxidation sites excluding steroid dienone is 2. The van der Waals surface area contributed by atoms with Gasteiger partial charge in [0.2, 0.25) is 0 Å². The van der Waals surface area contributed by atoms with Gasteiger partial charge in [0, 0.05) is 0 Å². The maximum absolute atomic E-state index is 2.45. The number of hydrogen-bond donors (Lipinski definition) is 0. The van der Waals surface area contributed by atoms with Crippen LogP contribution in [0.2, 0.25) is 0 Å². The lowest BCUT2D eigenvalue weighted by molar-refractivity contribution is 0.423. The van der Waals surface area contributed by atoms with Gasteiger partial charge >= 0.3 is 0 Å². The molecule has 0 aromatic rings. The van der Waals surface area contributed by atoms with Gasteiger partial charge in [-0.1, -0.05) is 38.3 Å². The molecule has 0 bridgehead atoms. The van der Waals surface area contributed by atoms with Crippen LogP contribution in [-0.4, -0.2) is 0 Å². The predicted octanol–water partition coefficient (Wildman–Crippen LogP) is 4.17. The smallest absolute Gasteiger partial charge is 0.0317 e. The molecule has 0 radical (unpaired) electrons. The van der Waals surface area contributed by atoms with E-state index in [-0.39, 0.29) is 0 Å². The molecule has 70 valence electrons. The van der Waals surface area contributed by atoms with Gasteiger partial charge in [-0.25, -0.2) is 0 Å². The van der Waals surface area contributed by atoms with Gasteiger partial charge in [-0.2, -0.15) is 0 Å². The van der Waals surface area contributed by atoms with Crippen molar-refractivity contribution in [2.24, 2.45) is 11.8 Å². The van der Waals surface area contributed by atoms with E-state index in [0.717, 1.165) is 11.8 Å². The molecule has 12 heavy (non-hydrogen) atoms. The van der Waals surface area contributed by atoms with E-state index >= 15 is 0 Å². The highest BCUT2D eigenvalue weighted by atomic mass is 14.3. The minimum atomic E-state index is 0.978. The Bertz CT molecular complexity index is 155. The summed E-state index contributed by atoms with van der Waals surface area (Å²) in [6.45, 7) is 6.90. The maximum atomic E-state index is 2.45. The summed E-state index contributed by atoms with van der Waals surface area (Å²) >= 11 is 0. The molecule has 1 aliphatic rings. The van der Waals surface area contributed by atoms with Crippen LogP contribution in [0.15, 0.2) is 11.6 Å². The summed E-state index contributed by atoms with van der Waals surface area (Å²) in [5, 5.41) is 0. The third-order valence-electron chi connectivity index (χ3n) is 3.37. The lowest BCUT2D eigenvalue weighted by Gasteiger charge is -2.12. The Balaban J connectivity index is 2.31. The van der Waals surface area contributed by atoms with E-state index in [2.05, 4.69) is 26.8 Å². The van der Waals surface area contributed by atoms with E-state index in [0.29, 0.717) is 0 Å². The topological polar surface area (TPSA) is 0 Å². The minimum absolute atomic E-state index is 0.978. The van der Waals surface area contributed by atoms with Crippen LogP contribution in [-0.2, 0) is 0 Å². The lowest BCUT2D eigenvalue weighted by atomic mass is 9.93. The zero-order valence-corrected chi connectivity index (χ0v) is 8.77. The van der Waals surface area contributed by atoms with Gasteiger partial charge in [0.1, 0.15) is 0 Å². The third-order valence-corrected chi connectivity index (χ3v) is 3.37. The first kappa shape index (κ1) is 9.83. The molecule has 1 aliphatic carbocycles. The average molecular weight is 166 g/mol. The maximum Gasteiger partial charge on any atom is -0.0317 e. The van der Waals surface area contributed by atoms with Crippen LogP contribution in [0.25, 0.3) is 0 Å². The van der Waals surface area contributed by atoms with Crippen molar-refractivity contribution in [3.8, 4) is 0 Å². The van der Waals surface area contributed by atoms with Gasteiger partial charge < -0.3 is 0 Å². The number of rotatable bonds is 3. The molecule has 1 fully saturated rings. The van der Waals surface area contributed by atoms with Gasteiger partial charge in [0.25, 0.3) is 0 Å². The Kier molecular flexibility index (Phi) is 3.84. The van der Waals surface area contributed by atoms with E-state index in [9.17, 15) is 0 Å². The second-order valence-electron chi connectivity index (χ2n) is 4.31. The second-order valence-corrected chi connectivity index (χ2v) is 4.31. The van der Waals surface area contributed by atoms with Gasteiger partial charge in [-0.3, -0.25) is 0 Å². The van der Waals surface area contributed by atoms with Gasteiger partial charge in [-0.05, 0) is 38.0 Å². The zero-order chi connectivity index (χ0) is 8.97.